The molecule has 0 spiro atoms. The number of hydrogen-bond donors (Lipinski definition) is 1. The molecule has 1 fully saturated rings. The molecule has 1 aliphatic heterocycles. The summed E-state index contributed by atoms with van der Waals surface area (Å²) in [6.07, 6.45) is 2.64. The first-order valence-corrected chi connectivity index (χ1v) is 10.2. The lowest BCUT2D eigenvalue weighted by Crippen LogP contribution is -2.41. The molecule has 1 aliphatic rings. The SMILES string of the molecule is CCc1ccc(C(c2ccc(OC)c(OC)c2)N2CCCC(C(=O)O)C2)s1. The summed E-state index contributed by atoms with van der Waals surface area (Å²) in [5, 5.41) is 9.51. The van der Waals surface area contributed by atoms with Crippen molar-refractivity contribution in [1.82, 2.24) is 4.90 Å². The summed E-state index contributed by atoms with van der Waals surface area (Å²) >= 11 is 1.80. The molecule has 1 aromatic carbocycles. The second-order valence-electron chi connectivity index (χ2n) is 6.85. The maximum Gasteiger partial charge on any atom is 0.307 e. The summed E-state index contributed by atoms with van der Waals surface area (Å²) in [5.41, 5.74) is 1.10. The van der Waals surface area contributed by atoms with E-state index in [0.717, 1.165) is 31.4 Å². The Morgan fingerprint density at radius 1 is 1.26 bits per heavy atom. The van der Waals surface area contributed by atoms with Crippen LogP contribution in [0.5, 0.6) is 11.5 Å². The van der Waals surface area contributed by atoms with Crippen LogP contribution in [-0.2, 0) is 11.2 Å². The van der Waals surface area contributed by atoms with Crippen molar-refractivity contribution < 1.29 is 19.4 Å². The van der Waals surface area contributed by atoms with Crippen LogP contribution in [0.4, 0.5) is 0 Å². The first-order chi connectivity index (χ1) is 13.1. The molecule has 1 saturated heterocycles. The van der Waals surface area contributed by atoms with Gasteiger partial charge >= 0.3 is 5.97 Å². The van der Waals surface area contributed by atoms with Crippen LogP contribution in [0.2, 0.25) is 0 Å². The molecular formula is C21H27NO4S. The van der Waals surface area contributed by atoms with Crippen LogP contribution in [-0.4, -0.2) is 43.3 Å². The molecule has 3 rings (SSSR count). The van der Waals surface area contributed by atoms with E-state index in [1.54, 1.807) is 25.6 Å². The van der Waals surface area contributed by atoms with Crippen molar-refractivity contribution in [3.8, 4) is 11.5 Å². The fourth-order valence-corrected chi connectivity index (χ4v) is 4.87. The van der Waals surface area contributed by atoms with Crippen molar-refractivity contribution in [1.29, 1.82) is 0 Å². The molecule has 2 heterocycles. The standard InChI is InChI=1S/C21H27NO4S/c1-4-16-8-10-19(27-16)20(22-11-5-6-15(13-22)21(23)24)14-7-9-17(25-2)18(12-14)26-3/h7-10,12,15,20H,4-6,11,13H2,1-3H3,(H,23,24). The van der Waals surface area contributed by atoms with E-state index in [1.165, 1.54) is 9.75 Å². The molecule has 5 nitrogen and oxygen atoms in total. The number of piperidine rings is 1. The summed E-state index contributed by atoms with van der Waals surface area (Å²) in [7, 11) is 3.27. The zero-order valence-electron chi connectivity index (χ0n) is 16.1. The minimum atomic E-state index is -0.703. The van der Waals surface area contributed by atoms with Crippen LogP contribution in [0, 0.1) is 5.92 Å². The number of methoxy groups -OCH3 is 2. The highest BCUT2D eigenvalue weighted by molar-refractivity contribution is 7.12. The highest BCUT2D eigenvalue weighted by Crippen LogP contribution is 2.39. The topological polar surface area (TPSA) is 59.0 Å². The molecule has 6 heteroatoms. The summed E-state index contributed by atoms with van der Waals surface area (Å²) < 4.78 is 10.9. The Bertz CT molecular complexity index is 788. The largest absolute Gasteiger partial charge is 0.493 e. The van der Waals surface area contributed by atoms with Gasteiger partial charge in [-0.2, -0.15) is 0 Å². The van der Waals surface area contributed by atoms with E-state index in [4.69, 9.17) is 9.47 Å². The zero-order chi connectivity index (χ0) is 19.4. The van der Waals surface area contributed by atoms with Gasteiger partial charge in [-0.05, 0) is 55.6 Å². The van der Waals surface area contributed by atoms with Gasteiger partial charge in [-0.1, -0.05) is 13.0 Å². The van der Waals surface area contributed by atoms with E-state index in [0.29, 0.717) is 18.0 Å². The Balaban J connectivity index is 2.01. The normalized spacial score (nSPS) is 18.9. The highest BCUT2D eigenvalue weighted by Gasteiger charge is 2.32. The highest BCUT2D eigenvalue weighted by atomic mass is 32.1. The Morgan fingerprint density at radius 2 is 2.04 bits per heavy atom. The van der Waals surface area contributed by atoms with Crippen molar-refractivity contribution >= 4 is 17.3 Å². The van der Waals surface area contributed by atoms with Crippen LogP contribution < -0.4 is 9.47 Å². The van der Waals surface area contributed by atoms with E-state index in [9.17, 15) is 9.90 Å². The van der Waals surface area contributed by atoms with Gasteiger partial charge in [-0.25, -0.2) is 0 Å². The number of thiophene rings is 1. The third-order valence-corrected chi connectivity index (χ3v) is 6.47. The molecule has 0 radical (unpaired) electrons. The maximum absolute atomic E-state index is 11.6. The summed E-state index contributed by atoms with van der Waals surface area (Å²) in [4.78, 5) is 16.4. The van der Waals surface area contributed by atoms with E-state index >= 15 is 0 Å². The average molecular weight is 390 g/mol. The summed E-state index contributed by atoms with van der Waals surface area (Å²) in [5.74, 6) is 0.375. The van der Waals surface area contributed by atoms with Gasteiger partial charge in [0, 0.05) is 16.3 Å². The number of aliphatic carboxylic acids is 1. The number of hydrogen-bond acceptors (Lipinski definition) is 5. The first kappa shape index (κ1) is 19.7. The third-order valence-electron chi connectivity index (χ3n) is 5.19. The number of likely N-dealkylation sites (tertiary alicyclic amines) is 1. The molecule has 0 bridgehead atoms. The van der Waals surface area contributed by atoms with Crippen molar-refractivity contribution in [2.24, 2.45) is 5.92 Å². The fraction of sp³-hybridized carbons (Fsp3) is 0.476. The van der Waals surface area contributed by atoms with Crippen molar-refractivity contribution in [2.45, 2.75) is 32.2 Å². The lowest BCUT2D eigenvalue weighted by atomic mass is 9.94. The van der Waals surface area contributed by atoms with Gasteiger partial charge < -0.3 is 14.6 Å². The van der Waals surface area contributed by atoms with E-state index in [1.807, 2.05) is 12.1 Å². The van der Waals surface area contributed by atoms with Gasteiger partial charge in [0.25, 0.3) is 0 Å². The quantitative estimate of drug-likeness (QED) is 0.769. The average Bonchev–Trinajstić information content (AvgIpc) is 3.17. The number of carbonyl (C=O) groups is 1. The first-order valence-electron chi connectivity index (χ1n) is 9.34. The number of carboxylic acids is 1. The zero-order valence-corrected chi connectivity index (χ0v) is 16.9. The number of nitrogens with zero attached hydrogens (tertiary/aromatic N) is 1. The molecule has 1 aromatic heterocycles. The van der Waals surface area contributed by atoms with Gasteiger partial charge in [0.2, 0.25) is 0 Å². The lowest BCUT2D eigenvalue weighted by Gasteiger charge is -2.37. The summed E-state index contributed by atoms with van der Waals surface area (Å²) in [6.45, 7) is 3.61. The Labute approximate surface area is 164 Å². The monoisotopic (exact) mass is 389 g/mol. The van der Waals surface area contributed by atoms with E-state index in [-0.39, 0.29) is 12.0 Å². The van der Waals surface area contributed by atoms with Gasteiger partial charge in [-0.3, -0.25) is 9.69 Å². The lowest BCUT2D eigenvalue weighted by molar-refractivity contribution is -0.143. The second kappa shape index (κ2) is 8.76. The van der Waals surface area contributed by atoms with E-state index in [2.05, 4.69) is 30.0 Å². The predicted molar refractivity (Wildman–Crippen MR) is 107 cm³/mol. The van der Waals surface area contributed by atoms with Gasteiger partial charge in [0.15, 0.2) is 11.5 Å². The second-order valence-corrected chi connectivity index (χ2v) is 8.05. The van der Waals surface area contributed by atoms with Crippen LogP contribution >= 0.6 is 11.3 Å². The Hall–Kier alpha value is -2.05. The van der Waals surface area contributed by atoms with Gasteiger partial charge in [0.1, 0.15) is 0 Å². The number of rotatable bonds is 7. The van der Waals surface area contributed by atoms with Crippen molar-refractivity contribution in [2.75, 3.05) is 27.3 Å². The van der Waals surface area contributed by atoms with Gasteiger partial charge in [0.05, 0.1) is 26.2 Å². The molecule has 1 N–H and O–H groups in total. The molecule has 27 heavy (non-hydrogen) atoms. The molecule has 146 valence electrons. The minimum absolute atomic E-state index is 0.0252. The Morgan fingerprint density at radius 3 is 2.67 bits per heavy atom. The minimum Gasteiger partial charge on any atom is -0.493 e. The smallest absolute Gasteiger partial charge is 0.307 e. The van der Waals surface area contributed by atoms with Gasteiger partial charge in [-0.15, -0.1) is 11.3 Å². The number of benzene rings is 1. The van der Waals surface area contributed by atoms with Crippen LogP contribution in [0.15, 0.2) is 30.3 Å². The molecule has 2 aromatic rings. The summed E-state index contributed by atoms with van der Waals surface area (Å²) in [6, 6.07) is 10.4. The molecule has 0 amide bonds. The number of ether oxygens (including phenoxy) is 2. The third kappa shape index (κ3) is 4.28. The van der Waals surface area contributed by atoms with E-state index < -0.39 is 5.97 Å². The van der Waals surface area contributed by atoms with Crippen molar-refractivity contribution in [3.05, 3.63) is 45.6 Å². The maximum atomic E-state index is 11.6. The molecular weight excluding hydrogens is 362 g/mol. The number of aryl methyl sites for hydroxylation is 1. The molecule has 2 unspecified atom stereocenters. The van der Waals surface area contributed by atoms with Crippen LogP contribution in [0.1, 0.15) is 41.1 Å². The fourth-order valence-electron chi connectivity index (χ4n) is 3.75. The molecule has 0 saturated carbocycles. The molecule has 2 atom stereocenters. The Kier molecular flexibility index (Phi) is 6.39. The number of carboxylic acid groups (broad SMARTS) is 1. The van der Waals surface area contributed by atoms with Crippen LogP contribution in [0.3, 0.4) is 0 Å². The van der Waals surface area contributed by atoms with Crippen molar-refractivity contribution in [3.63, 3.8) is 0 Å². The van der Waals surface area contributed by atoms with Crippen LogP contribution in [0.25, 0.3) is 0 Å². The molecule has 0 aliphatic carbocycles. The predicted octanol–water partition coefficient (Wildman–Crippen LogP) is 4.21.